The predicted molar refractivity (Wildman–Crippen MR) is 199 cm³/mol. The molecule has 0 spiro atoms. The van der Waals surface area contributed by atoms with Crippen LogP contribution in [0.2, 0.25) is 72.0 Å². The van der Waals surface area contributed by atoms with Gasteiger partial charge in [0.2, 0.25) is 0 Å². The van der Waals surface area contributed by atoms with Crippen molar-refractivity contribution >= 4 is 69.6 Å². The molecule has 0 aliphatic rings. The molecule has 0 aliphatic heterocycles. The van der Waals surface area contributed by atoms with E-state index in [4.69, 9.17) is 25.0 Å². The molecule has 238 valence electrons. The lowest BCUT2D eigenvalue weighted by molar-refractivity contribution is 0.230. The van der Waals surface area contributed by atoms with Crippen LogP contribution in [0.15, 0.2) is 97.5 Å². The molecular formula is C30H54O6Si7. The Labute approximate surface area is 269 Å². The largest absolute Gasteiger partial charge is 0.433 e. The third-order valence-electron chi connectivity index (χ3n) is 6.84. The molecule has 0 N–H and O–H groups in total. The summed E-state index contributed by atoms with van der Waals surface area (Å²) in [6.07, 6.45) is 0.239. The van der Waals surface area contributed by atoms with Gasteiger partial charge in [0.05, 0.1) is 6.23 Å². The van der Waals surface area contributed by atoms with Crippen LogP contribution in [0, 0.1) is 0 Å². The molecule has 0 aliphatic carbocycles. The van der Waals surface area contributed by atoms with Crippen LogP contribution in [-0.2, 0) is 25.0 Å². The Morgan fingerprint density at radius 1 is 0.488 bits per heavy atom. The SMILES string of the molecule is C=C[Si](C)(C)O[Si](C)(C)OC[Si](O[Si](C)(C)O[Si](C)(C)C=C)(O[Si](C)(O[Si](C)(C)C=C)c1ccccc1)c1ccccc1. The molecular weight excluding hydrogens is 653 g/mol. The van der Waals surface area contributed by atoms with Crippen molar-refractivity contribution in [1.29, 1.82) is 0 Å². The van der Waals surface area contributed by atoms with Crippen molar-refractivity contribution in [2.45, 2.75) is 72.0 Å². The fourth-order valence-corrected chi connectivity index (χ4v) is 33.7. The van der Waals surface area contributed by atoms with E-state index in [0.29, 0.717) is 0 Å². The molecule has 0 amide bonds. The van der Waals surface area contributed by atoms with E-state index in [0.717, 1.165) is 10.4 Å². The molecule has 0 radical (unpaired) electrons. The first-order valence-electron chi connectivity index (χ1n) is 14.8. The van der Waals surface area contributed by atoms with Gasteiger partial charge in [0.1, 0.15) is 0 Å². The van der Waals surface area contributed by atoms with Gasteiger partial charge in [-0.1, -0.05) is 77.8 Å². The third kappa shape index (κ3) is 11.7. The molecule has 2 rings (SSSR count). The van der Waals surface area contributed by atoms with E-state index < -0.39 is 59.2 Å². The van der Waals surface area contributed by atoms with E-state index in [-0.39, 0.29) is 6.23 Å². The van der Waals surface area contributed by atoms with Crippen LogP contribution in [-0.4, -0.2) is 65.4 Å². The molecule has 13 heteroatoms. The van der Waals surface area contributed by atoms with Crippen molar-refractivity contribution in [1.82, 2.24) is 0 Å². The number of rotatable bonds is 18. The molecule has 0 saturated carbocycles. The molecule has 0 fully saturated rings. The summed E-state index contributed by atoms with van der Waals surface area (Å²) in [5.74, 6) is 0. The fraction of sp³-hybridized carbons (Fsp3) is 0.400. The van der Waals surface area contributed by atoms with Gasteiger partial charge in [-0.05, 0) is 82.4 Å². The quantitative estimate of drug-likeness (QED) is 0.154. The zero-order valence-corrected chi connectivity index (χ0v) is 35.3. The average Bonchev–Trinajstić information content (AvgIpc) is 2.91. The van der Waals surface area contributed by atoms with Crippen LogP contribution in [0.25, 0.3) is 0 Å². The first kappa shape index (κ1) is 38.1. The second-order valence-electron chi connectivity index (χ2n) is 13.5. The van der Waals surface area contributed by atoms with Gasteiger partial charge in [-0.2, -0.15) is 0 Å². The number of hydrogen-bond donors (Lipinski definition) is 0. The standard InChI is InChI=1S/C30H54O6Si7/c1-15-37(4,5)32-40(10,11)31-28-43(30-26-22-19-23-27-30,35-41(12,13)33-38(6,7)16-2)36-42(14,34-39(8,9)17-3)29-24-20-18-21-25-29/h15-27H,1-3,28H2,4-14H3. The first-order chi connectivity index (χ1) is 19.6. The maximum absolute atomic E-state index is 7.57. The zero-order valence-electron chi connectivity index (χ0n) is 28.3. The topological polar surface area (TPSA) is 55.4 Å². The molecule has 2 aromatic carbocycles. The van der Waals surface area contributed by atoms with Crippen molar-refractivity contribution in [3.05, 3.63) is 97.5 Å². The number of hydrogen-bond acceptors (Lipinski definition) is 6. The summed E-state index contributed by atoms with van der Waals surface area (Å²) in [4.78, 5) is 0. The maximum atomic E-state index is 7.57. The van der Waals surface area contributed by atoms with Gasteiger partial charge in [-0.3, -0.25) is 0 Å². The highest BCUT2D eigenvalue weighted by molar-refractivity contribution is 7.00. The lowest BCUT2D eigenvalue weighted by Gasteiger charge is -2.46. The van der Waals surface area contributed by atoms with Crippen LogP contribution < -0.4 is 10.4 Å². The van der Waals surface area contributed by atoms with Gasteiger partial charge in [0.25, 0.3) is 0 Å². The van der Waals surface area contributed by atoms with Crippen LogP contribution >= 0.6 is 0 Å². The first-order valence-corrected chi connectivity index (χ1v) is 33.7. The average molecular weight is 707 g/mol. The second-order valence-corrected chi connectivity index (χ2v) is 39.1. The summed E-state index contributed by atoms with van der Waals surface area (Å²) in [5, 5.41) is 2.00. The smallest absolute Gasteiger partial charge is 0.380 e. The molecule has 2 unspecified atom stereocenters. The highest BCUT2D eigenvalue weighted by Gasteiger charge is 2.55. The molecule has 0 saturated heterocycles. The highest BCUT2D eigenvalue weighted by atomic mass is 28.5. The van der Waals surface area contributed by atoms with E-state index in [9.17, 15) is 0 Å². The minimum absolute atomic E-state index is 0.239. The molecule has 0 heterocycles. The minimum atomic E-state index is -3.47. The van der Waals surface area contributed by atoms with Gasteiger partial charge in [0, 0.05) is 0 Å². The van der Waals surface area contributed by atoms with Gasteiger partial charge in [-0.15, -0.1) is 19.7 Å². The van der Waals surface area contributed by atoms with Crippen LogP contribution in [0.4, 0.5) is 0 Å². The van der Waals surface area contributed by atoms with E-state index in [1.54, 1.807) is 0 Å². The maximum Gasteiger partial charge on any atom is 0.380 e. The summed E-state index contributed by atoms with van der Waals surface area (Å²) in [6, 6.07) is 20.5. The Kier molecular flexibility index (Phi) is 12.9. The van der Waals surface area contributed by atoms with Crippen molar-refractivity contribution < 1.29 is 25.0 Å². The zero-order chi connectivity index (χ0) is 32.8. The van der Waals surface area contributed by atoms with Gasteiger partial charge < -0.3 is 25.0 Å². The molecule has 2 atom stereocenters. The van der Waals surface area contributed by atoms with Crippen LogP contribution in [0.5, 0.6) is 0 Å². The lowest BCUT2D eigenvalue weighted by Crippen LogP contribution is -2.72. The fourth-order valence-electron chi connectivity index (χ4n) is 4.78. The highest BCUT2D eigenvalue weighted by Crippen LogP contribution is 2.29. The Morgan fingerprint density at radius 3 is 1.33 bits per heavy atom. The van der Waals surface area contributed by atoms with E-state index in [2.05, 4.69) is 116 Å². The number of benzene rings is 2. The lowest BCUT2D eigenvalue weighted by atomic mass is 10.4. The monoisotopic (exact) mass is 706 g/mol. The molecule has 2 aromatic rings. The van der Waals surface area contributed by atoms with Crippen molar-refractivity contribution in [3.8, 4) is 0 Å². The summed E-state index contributed by atoms with van der Waals surface area (Å²) in [6.45, 7) is 35.5. The predicted octanol–water partition coefficient (Wildman–Crippen LogP) is 7.15. The van der Waals surface area contributed by atoms with E-state index in [1.807, 2.05) is 53.5 Å². The van der Waals surface area contributed by atoms with Gasteiger partial charge in [0.15, 0.2) is 25.0 Å². The van der Waals surface area contributed by atoms with Crippen molar-refractivity contribution in [3.63, 3.8) is 0 Å². The molecule has 0 aromatic heterocycles. The summed E-state index contributed by atoms with van der Waals surface area (Å²) >= 11 is 0. The minimum Gasteiger partial charge on any atom is -0.433 e. The second kappa shape index (κ2) is 14.6. The van der Waals surface area contributed by atoms with Gasteiger partial charge >= 0.3 is 34.2 Å². The van der Waals surface area contributed by atoms with Crippen LogP contribution in [0.3, 0.4) is 0 Å². The Bertz CT molecular complexity index is 1220. The molecule has 6 nitrogen and oxygen atoms in total. The Morgan fingerprint density at radius 2 is 0.884 bits per heavy atom. The third-order valence-corrected chi connectivity index (χ3v) is 32.0. The van der Waals surface area contributed by atoms with E-state index in [1.165, 1.54) is 0 Å². The Hall–Kier alpha value is -1.06. The summed E-state index contributed by atoms with van der Waals surface area (Å²) in [5.41, 5.74) is 5.85. The Balaban J connectivity index is 2.81. The van der Waals surface area contributed by atoms with Crippen LogP contribution in [0.1, 0.15) is 0 Å². The summed E-state index contributed by atoms with van der Waals surface area (Å²) < 4.78 is 42.3. The normalized spacial score (nSPS) is 16.2. The molecule has 43 heavy (non-hydrogen) atoms. The van der Waals surface area contributed by atoms with Crippen molar-refractivity contribution in [2.75, 3.05) is 6.23 Å². The molecule has 0 bridgehead atoms. The van der Waals surface area contributed by atoms with Crippen molar-refractivity contribution in [2.24, 2.45) is 0 Å². The van der Waals surface area contributed by atoms with Gasteiger partial charge in [-0.25, -0.2) is 0 Å². The summed E-state index contributed by atoms with van der Waals surface area (Å²) in [7, 11) is -18.7. The van der Waals surface area contributed by atoms with E-state index >= 15 is 0 Å².